The average Bonchev–Trinajstić information content (AvgIpc) is 2.22. The Morgan fingerprint density at radius 2 is 2.20 bits per heavy atom. The molecule has 0 radical (unpaired) electrons. The van der Waals surface area contributed by atoms with Crippen LogP contribution in [-0.4, -0.2) is 9.97 Å². The summed E-state index contributed by atoms with van der Waals surface area (Å²) in [4.78, 5) is 16.7. The van der Waals surface area contributed by atoms with Crippen molar-refractivity contribution in [2.75, 3.05) is 0 Å². The van der Waals surface area contributed by atoms with E-state index in [-0.39, 0.29) is 5.69 Å². The van der Waals surface area contributed by atoms with Gasteiger partial charge < -0.3 is 9.72 Å². The third kappa shape index (κ3) is 2.79. The van der Waals surface area contributed by atoms with E-state index in [1.807, 2.05) is 24.3 Å². The van der Waals surface area contributed by atoms with Gasteiger partial charge in [-0.25, -0.2) is 4.79 Å². The minimum absolute atomic E-state index is 0.384. The van der Waals surface area contributed by atoms with Crippen LogP contribution in [0.2, 0.25) is 0 Å². The molecule has 0 saturated carbocycles. The molecule has 2 aromatic rings. The predicted octanol–water partition coefficient (Wildman–Crippen LogP) is 2.17. The second kappa shape index (κ2) is 4.43. The predicted molar refractivity (Wildman–Crippen MR) is 64.1 cm³/mol. The van der Waals surface area contributed by atoms with E-state index in [0.29, 0.717) is 5.75 Å². The molecule has 0 aliphatic rings. The third-order valence-electron chi connectivity index (χ3n) is 1.68. The molecule has 0 fully saturated rings. The number of aromatic amines is 1. The molecule has 5 heteroatoms. The first-order valence-corrected chi connectivity index (χ1v) is 5.30. The molecule has 15 heavy (non-hydrogen) atoms. The smallest absolute Gasteiger partial charge is 0.345 e. The molecule has 2 rings (SSSR count). The number of nitrogens with zero attached hydrogens (tertiary/aromatic N) is 1. The lowest BCUT2D eigenvalue weighted by Gasteiger charge is -2.04. The minimum Gasteiger partial charge on any atom is -0.454 e. The maximum absolute atomic E-state index is 10.7. The minimum atomic E-state index is -0.384. The van der Waals surface area contributed by atoms with Crippen molar-refractivity contribution in [3.8, 4) is 11.5 Å². The quantitative estimate of drug-likeness (QED) is 0.864. The molecular formula is C10H7IN2O2. The first kappa shape index (κ1) is 10.2. The fraction of sp³-hybridized carbons (Fsp3) is 0. The number of nitrogens with one attached hydrogen (secondary N) is 1. The maximum atomic E-state index is 10.7. The van der Waals surface area contributed by atoms with E-state index < -0.39 is 0 Å². The van der Waals surface area contributed by atoms with E-state index in [4.69, 9.17) is 4.74 Å². The zero-order valence-corrected chi connectivity index (χ0v) is 9.76. The number of ether oxygens (including phenoxy) is 1. The van der Waals surface area contributed by atoms with Crippen molar-refractivity contribution < 1.29 is 4.74 Å². The van der Waals surface area contributed by atoms with Gasteiger partial charge in [0.2, 0.25) is 0 Å². The Bertz CT molecular complexity index is 504. The monoisotopic (exact) mass is 314 g/mol. The summed E-state index contributed by atoms with van der Waals surface area (Å²) in [5, 5.41) is 0. The molecule has 4 nitrogen and oxygen atoms in total. The van der Waals surface area contributed by atoms with Crippen LogP contribution in [0, 0.1) is 3.57 Å². The van der Waals surface area contributed by atoms with Gasteiger partial charge in [0.05, 0.1) is 12.4 Å². The van der Waals surface area contributed by atoms with Gasteiger partial charge in [0, 0.05) is 3.57 Å². The summed E-state index contributed by atoms with van der Waals surface area (Å²) in [6, 6.07) is 7.60. The Morgan fingerprint density at radius 1 is 1.33 bits per heavy atom. The molecule has 1 heterocycles. The number of halogens is 1. The highest BCUT2D eigenvalue weighted by Crippen LogP contribution is 2.20. The van der Waals surface area contributed by atoms with Gasteiger partial charge in [-0.2, -0.15) is 4.98 Å². The third-order valence-corrected chi connectivity index (χ3v) is 2.35. The highest BCUT2D eigenvalue weighted by molar-refractivity contribution is 14.1. The van der Waals surface area contributed by atoms with Gasteiger partial charge in [-0.3, -0.25) is 0 Å². The molecule has 0 saturated heterocycles. The van der Waals surface area contributed by atoms with Crippen LogP contribution < -0.4 is 10.4 Å². The molecule has 0 unspecified atom stereocenters. The summed E-state index contributed by atoms with van der Waals surface area (Å²) in [7, 11) is 0. The molecule has 1 N–H and O–H groups in total. The Kier molecular flexibility index (Phi) is 3.00. The highest BCUT2D eigenvalue weighted by Gasteiger charge is 1.97. The Hall–Kier alpha value is -1.37. The summed E-state index contributed by atoms with van der Waals surface area (Å²) >= 11 is 2.20. The van der Waals surface area contributed by atoms with Gasteiger partial charge in [0.15, 0.2) is 5.75 Å². The first-order valence-electron chi connectivity index (χ1n) is 4.22. The lowest BCUT2D eigenvalue weighted by atomic mass is 10.3. The van der Waals surface area contributed by atoms with Crippen LogP contribution >= 0.6 is 22.6 Å². The molecule has 1 aromatic carbocycles. The van der Waals surface area contributed by atoms with Gasteiger partial charge in [-0.1, -0.05) is 6.07 Å². The summed E-state index contributed by atoms with van der Waals surface area (Å²) in [5.41, 5.74) is -0.384. The number of hydrogen-bond donors (Lipinski definition) is 1. The number of hydrogen-bond acceptors (Lipinski definition) is 3. The van der Waals surface area contributed by atoms with Crippen molar-refractivity contribution in [3.05, 3.63) is 50.7 Å². The molecule has 0 spiro atoms. The molecule has 0 atom stereocenters. The number of aromatic nitrogens is 2. The summed E-state index contributed by atoms with van der Waals surface area (Å²) in [6.07, 6.45) is 2.87. The van der Waals surface area contributed by atoms with Gasteiger partial charge in [-0.15, -0.1) is 0 Å². The van der Waals surface area contributed by atoms with Crippen LogP contribution in [0.25, 0.3) is 0 Å². The Morgan fingerprint density at radius 3 is 2.87 bits per heavy atom. The van der Waals surface area contributed by atoms with Crippen LogP contribution in [0.5, 0.6) is 11.5 Å². The van der Waals surface area contributed by atoms with E-state index in [9.17, 15) is 4.79 Å². The molecule has 0 aliphatic carbocycles. The second-order valence-electron chi connectivity index (χ2n) is 2.81. The van der Waals surface area contributed by atoms with Gasteiger partial charge in [0.25, 0.3) is 0 Å². The number of benzene rings is 1. The average molecular weight is 314 g/mol. The van der Waals surface area contributed by atoms with Gasteiger partial charge in [0.1, 0.15) is 5.75 Å². The molecule has 1 aromatic heterocycles. The van der Waals surface area contributed by atoms with Crippen molar-refractivity contribution in [1.82, 2.24) is 9.97 Å². The highest BCUT2D eigenvalue weighted by atomic mass is 127. The van der Waals surface area contributed by atoms with E-state index in [1.165, 1.54) is 12.4 Å². The van der Waals surface area contributed by atoms with Crippen LogP contribution in [-0.2, 0) is 0 Å². The standard InChI is InChI=1S/C10H7IN2O2/c11-7-2-1-3-8(4-7)15-9-5-12-10(14)13-6-9/h1-6H,(H,12,13,14). The van der Waals surface area contributed by atoms with E-state index >= 15 is 0 Å². The number of rotatable bonds is 2. The topological polar surface area (TPSA) is 55.0 Å². The Balaban J connectivity index is 2.22. The molecule has 0 amide bonds. The second-order valence-corrected chi connectivity index (χ2v) is 4.06. The molecule has 0 aliphatic heterocycles. The van der Waals surface area contributed by atoms with Crippen molar-refractivity contribution in [2.45, 2.75) is 0 Å². The summed E-state index contributed by atoms with van der Waals surface area (Å²) < 4.78 is 6.56. The zero-order chi connectivity index (χ0) is 10.7. The maximum Gasteiger partial charge on any atom is 0.345 e. The Labute approximate surface area is 99.5 Å². The van der Waals surface area contributed by atoms with Crippen LogP contribution in [0.3, 0.4) is 0 Å². The summed E-state index contributed by atoms with van der Waals surface area (Å²) in [5.74, 6) is 1.23. The first-order chi connectivity index (χ1) is 7.24. The van der Waals surface area contributed by atoms with E-state index in [2.05, 4.69) is 32.6 Å². The molecule has 0 bridgehead atoms. The van der Waals surface area contributed by atoms with Gasteiger partial charge >= 0.3 is 5.69 Å². The van der Waals surface area contributed by atoms with Crippen molar-refractivity contribution >= 4 is 22.6 Å². The van der Waals surface area contributed by atoms with Gasteiger partial charge in [-0.05, 0) is 40.8 Å². The van der Waals surface area contributed by atoms with Crippen molar-refractivity contribution in [2.24, 2.45) is 0 Å². The van der Waals surface area contributed by atoms with Crippen LogP contribution in [0.4, 0.5) is 0 Å². The largest absolute Gasteiger partial charge is 0.454 e. The molecule has 76 valence electrons. The fourth-order valence-electron chi connectivity index (χ4n) is 1.05. The zero-order valence-electron chi connectivity index (χ0n) is 7.61. The SMILES string of the molecule is O=c1ncc(Oc2cccc(I)c2)c[nH]1. The van der Waals surface area contributed by atoms with Crippen LogP contribution in [0.15, 0.2) is 41.5 Å². The normalized spacial score (nSPS) is 9.93. The van der Waals surface area contributed by atoms with Crippen LogP contribution in [0.1, 0.15) is 0 Å². The summed E-state index contributed by atoms with van der Waals surface area (Å²) in [6.45, 7) is 0. The number of H-pyrrole nitrogens is 1. The van der Waals surface area contributed by atoms with Crippen molar-refractivity contribution in [1.29, 1.82) is 0 Å². The lowest BCUT2D eigenvalue weighted by Crippen LogP contribution is -2.07. The van der Waals surface area contributed by atoms with E-state index in [0.717, 1.165) is 9.32 Å². The van der Waals surface area contributed by atoms with Crippen molar-refractivity contribution in [3.63, 3.8) is 0 Å². The molecular weight excluding hydrogens is 307 g/mol. The fourth-order valence-corrected chi connectivity index (χ4v) is 1.57. The van der Waals surface area contributed by atoms with E-state index in [1.54, 1.807) is 0 Å². The lowest BCUT2D eigenvalue weighted by molar-refractivity contribution is 0.476.